The fraction of sp³-hybridized carbons (Fsp3) is 0.632. The molecule has 25 heavy (non-hydrogen) atoms. The fourth-order valence-electron chi connectivity index (χ4n) is 4.18. The van der Waals surface area contributed by atoms with Crippen molar-refractivity contribution in [2.75, 3.05) is 13.1 Å². The van der Waals surface area contributed by atoms with E-state index < -0.39 is 0 Å². The van der Waals surface area contributed by atoms with Crippen LogP contribution in [-0.4, -0.2) is 43.2 Å². The minimum absolute atomic E-state index is 0.138. The molecule has 2 aromatic heterocycles. The third-order valence-corrected chi connectivity index (χ3v) is 5.17. The number of aryl methyl sites for hydroxylation is 3. The first-order valence-electron chi connectivity index (χ1n) is 9.17. The number of aromatic nitrogens is 4. The van der Waals surface area contributed by atoms with Gasteiger partial charge in [0.1, 0.15) is 11.6 Å². The van der Waals surface area contributed by atoms with E-state index in [1.165, 1.54) is 0 Å². The molecule has 136 valence electrons. The third kappa shape index (κ3) is 3.22. The van der Waals surface area contributed by atoms with Crippen LogP contribution in [0.1, 0.15) is 72.2 Å². The number of piperidine rings is 1. The first-order valence-corrected chi connectivity index (χ1v) is 9.17. The van der Waals surface area contributed by atoms with Crippen molar-refractivity contribution in [3.8, 4) is 0 Å². The molecule has 6 nitrogen and oxygen atoms in total. The van der Waals surface area contributed by atoms with Crippen molar-refractivity contribution in [1.82, 2.24) is 24.2 Å². The molecule has 0 aliphatic carbocycles. The van der Waals surface area contributed by atoms with Gasteiger partial charge in [0.05, 0.1) is 11.6 Å². The predicted molar refractivity (Wildman–Crippen MR) is 98.0 cm³/mol. The van der Waals surface area contributed by atoms with E-state index in [2.05, 4.69) is 35.4 Å². The van der Waals surface area contributed by atoms with E-state index in [1.807, 2.05) is 36.4 Å². The highest BCUT2D eigenvalue weighted by atomic mass is 16.2. The van der Waals surface area contributed by atoms with E-state index in [4.69, 9.17) is 0 Å². The van der Waals surface area contributed by atoms with Crippen LogP contribution in [0.2, 0.25) is 0 Å². The van der Waals surface area contributed by atoms with Crippen LogP contribution in [-0.2, 0) is 0 Å². The van der Waals surface area contributed by atoms with E-state index in [0.717, 1.165) is 48.0 Å². The molecule has 1 amide bonds. The van der Waals surface area contributed by atoms with Crippen LogP contribution in [0.4, 0.5) is 0 Å². The number of hydrogen-bond acceptors (Lipinski definition) is 3. The Hall–Kier alpha value is -2.11. The lowest BCUT2D eigenvalue weighted by Crippen LogP contribution is -2.41. The third-order valence-electron chi connectivity index (χ3n) is 5.17. The first kappa shape index (κ1) is 17.7. The van der Waals surface area contributed by atoms with Gasteiger partial charge in [-0.2, -0.15) is 5.10 Å². The van der Waals surface area contributed by atoms with Gasteiger partial charge in [-0.15, -0.1) is 0 Å². The Kier molecular flexibility index (Phi) is 4.71. The van der Waals surface area contributed by atoms with Crippen LogP contribution >= 0.6 is 0 Å². The zero-order valence-electron chi connectivity index (χ0n) is 16.2. The Balaban J connectivity index is 1.83. The summed E-state index contributed by atoms with van der Waals surface area (Å²) in [6.07, 6.45) is 2.04. The summed E-state index contributed by atoms with van der Waals surface area (Å²) < 4.78 is 4.23. The average Bonchev–Trinajstić information content (AvgIpc) is 3.05. The summed E-state index contributed by atoms with van der Waals surface area (Å²) in [6, 6.07) is 2.61. The standard InChI is InChI=1S/C19H29N5O/c1-12(2)23-13(3)10-18(14(23)4)19(25)22-9-7-8-17(11-22)24-16(6)20-15(5)21-24/h10,12,17H,7-9,11H2,1-6H3/t17-/m1/s1. The van der Waals surface area contributed by atoms with Crippen LogP contribution < -0.4 is 0 Å². The molecule has 0 unspecified atom stereocenters. The minimum atomic E-state index is 0.138. The number of rotatable bonds is 3. The zero-order valence-corrected chi connectivity index (χ0v) is 16.2. The second kappa shape index (κ2) is 6.65. The largest absolute Gasteiger partial charge is 0.346 e. The van der Waals surface area contributed by atoms with Gasteiger partial charge < -0.3 is 9.47 Å². The van der Waals surface area contributed by atoms with Gasteiger partial charge in [-0.1, -0.05) is 0 Å². The van der Waals surface area contributed by atoms with E-state index in [1.54, 1.807) is 0 Å². The van der Waals surface area contributed by atoms with Crippen LogP contribution in [0.25, 0.3) is 0 Å². The van der Waals surface area contributed by atoms with E-state index >= 15 is 0 Å². The summed E-state index contributed by atoms with van der Waals surface area (Å²) in [4.78, 5) is 19.5. The van der Waals surface area contributed by atoms with E-state index in [9.17, 15) is 4.79 Å². The maximum atomic E-state index is 13.1. The molecule has 3 rings (SSSR count). The first-order chi connectivity index (χ1) is 11.8. The molecule has 2 aromatic rings. The lowest BCUT2D eigenvalue weighted by Gasteiger charge is -2.33. The van der Waals surface area contributed by atoms with Crippen molar-refractivity contribution in [2.45, 2.75) is 66.5 Å². The molecule has 0 bridgehead atoms. The molecular weight excluding hydrogens is 314 g/mol. The second-order valence-electron chi connectivity index (χ2n) is 7.45. The molecule has 6 heteroatoms. The van der Waals surface area contributed by atoms with Crippen molar-refractivity contribution >= 4 is 5.91 Å². The van der Waals surface area contributed by atoms with Gasteiger partial charge in [-0.25, -0.2) is 9.67 Å². The Morgan fingerprint density at radius 1 is 1.24 bits per heavy atom. The van der Waals surface area contributed by atoms with E-state index in [-0.39, 0.29) is 11.9 Å². The maximum absolute atomic E-state index is 13.1. The smallest absolute Gasteiger partial charge is 0.255 e. The van der Waals surface area contributed by atoms with Gasteiger partial charge in [-0.3, -0.25) is 4.79 Å². The van der Waals surface area contributed by atoms with Crippen LogP contribution in [0, 0.1) is 27.7 Å². The second-order valence-corrected chi connectivity index (χ2v) is 7.45. The number of hydrogen-bond donors (Lipinski definition) is 0. The number of likely N-dealkylation sites (tertiary alicyclic amines) is 1. The van der Waals surface area contributed by atoms with Crippen molar-refractivity contribution < 1.29 is 4.79 Å². The maximum Gasteiger partial charge on any atom is 0.255 e. The normalized spacial score (nSPS) is 18.2. The Labute approximate surface area is 149 Å². The molecular formula is C19H29N5O. The van der Waals surface area contributed by atoms with Crippen molar-refractivity contribution in [2.24, 2.45) is 0 Å². The van der Waals surface area contributed by atoms with Gasteiger partial charge in [0, 0.05) is 30.5 Å². The summed E-state index contributed by atoms with van der Waals surface area (Å²) >= 11 is 0. The molecule has 3 heterocycles. The quantitative estimate of drug-likeness (QED) is 0.858. The number of carbonyl (C=O) groups is 1. The van der Waals surface area contributed by atoms with Crippen molar-refractivity contribution in [1.29, 1.82) is 0 Å². The fourth-order valence-corrected chi connectivity index (χ4v) is 4.18. The summed E-state index contributed by atoms with van der Waals surface area (Å²) in [5, 5.41) is 4.52. The van der Waals surface area contributed by atoms with Gasteiger partial charge in [-0.05, 0) is 60.5 Å². The predicted octanol–water partition coefficient (Wildman–Crippen LogP) is 3.37. The molecule has 0 radical (unpaired) electrons. The summed E-state index contributed by atoms with van der Waals surface area (Å²) in [5.74, 6) is 1.86. The number of carbonyl (C=O) groups excluding carboxylic acids is 1. The molecule has 1 saturated heterocycles. The molecule has 0 saturated carbocycles. The van der Waals surface area contributed by atoms with Gasteiger partial charge in [0.15, 0.2) is 0 Å². The highest BCUT2D eigenvalue weighted by molar-refractivity contribution is 5.95. The topological polar surface area (TPSA) is 56.0 Å². The Morgan fingerprint density at radius 3 is 2.52 bits per heavy atom. The average molecular weight is 343 g/mol. The van der Waals surface area contributed by atoms with Crippen LogP contribution in [0.3, 0.4) is 0 Å². The van der Waals surface area contributed by atoms with Crippen LogP contribution in [0.5, 0.6) is 0 Å². The van der Waals surface area contributed by atoms with Crippen molar-refractivity contribution in [3.63, 3.8) is 0 Å². The summed E-state index contributed by atoms with van der Waals surface area (Å²) in [5.41, 5.74) is 3.04. The van der Waals surface area contributed by atoms with E-state index in [0.29, 0.717) is 12.6 Å². The van der Waals surface area contributed by atoms with Gasteiger partial charge >= 0.3 is 0 Å². The zero-order chi connectivity index (χ0) is 18.3. The van der Waals surface area contributed by atoms with Gasteiger partial charge in [0.25, 0.3) is 5.91 Å². The summed E-state index contributed by atoms with van der Waals surface area (Å²) in [7, 11) is 0. The van der Waals surface area contributed by atoms with Gasteiger partial charge in [0.2, 0.25) is 0 Å². The molecule has 1 aliphatic rings. The molecule has 0 aromatic carbocycles. The Bertz CT molecular complexity index is 786. The molecule has 1 aliphatic heterocycles. The highest BCUT2D eigenvalue weighted by Gasteiger charge is 2.29. The molecule has 0 N–H and O–H groups in total. The summed E-state index contributed by atoms with van der Waals surface area (Å²) in [6.45, 7) is 13.8. The lowest BCUT2D eigenvalue weighted by atomic mass is 10.0. The molecule has 1 fully saturated rings. The lowest BCUT2D eigenvalue weighted by molar-refractivity contribution is 0.0670. The molecule has 0 spiro atoms. The SMILES string of the molecule is Cc1nc(C)n([C@@H]2CCCN(C(=O)c3cc(C)n(C(C)C)c3C)C2)n1. The van der Waals surface area contributed by atoms with Crippen molar-refractivity contribution in [3.05, 3.63) is 34.7 Å². The Morgan fingerprint density at radius 2 is 1.96 bits per heavy atom. The highest BCUT2D eigenvalue weighted by Crippen LogP contribution is 2.26. The number of nitrogens with zero attached hydrogens (tertiary/aromatic N) is 5. The molecule has 1 atom stereocenters. The van der Waals surface area contributed by atoms with Crippen LogP contribution in [0.15, 0.2) is 6.07 Å². The monoisotopic (exact) mass is 343 g/mol. The minimum Gasteiger partial charge on any atom is -0.346 e. The number of amides is 1.